The van der Waals surface area contributed by atoms with Gasteiger partial charge in [-0.15, -0.1) is 0 Å². The summed E-state index contributed by atoms with van der Waals surface area (Å²) in [6.45, 7) is 4.54. The molecule has 146 valence electrons. The number of aromatic nitrogens is 1. The van der Waals surface area contributed by atoms with Crippen LogP contribution in [-0.2, 0) is 13.1 Å². The van der Waals surface area contributed by atoms with Crippen LogP contribution in [-0.4, -0.2) is 30.2 Å². The number of hydrogen-bond donors (Lipinski definition) is 0. The first-order valence-corrected chi connectivity index (χ1v) is 10.9. The van der Waals surface area contributed by atoms with Crippen molar-refractivity contribution >= 4 is 10.9 Å². The molecule has 0 amide bonds. The molecule has 0 aliphatic heterocycles. The smallest absolute Gasteiger partial charge is 0.106 e. The van der Waals surface area contributed by atoms with Crippen LogP contribution in [0.1, 0.15) is 76.7 Å². The molecule has 0 aliphatic rings. The number of hydrogen-bond acceptors (Lipinski definition) is 0. The summed E-state index contributed by atoms with van der Waals surface area (Å²) >= 11 is 0. The SMILES string of the molecule is CCCCCCCCCCCCn1cc(C[N+](C)(C)C)c2ccccc21. The molecule has 0 bridgehead atoms. The number of nitrogens with zero attached hydrogens (tertiary/aromatic N) is 2. The number of para-hydroxylation sites is 1. The molecule has 0 fully saturated rings. The monoisotopic (exact) mass is 357 g/mol. The van der Waals surface area contributed by atoms with Crippen LogP contribution < -0.4 is 0 Å². The molecular formula is C24H41N2+. The molecule has 1 aromatic heterocycles. The Hall–Kier alpha value is -1.28. The quantitative estimate of drug-likeness (QED) is 0.275. The molecule has 0 saturated heterocycles. The van der Waals surface area contributed by atoms with Gasteiger partial charge in [-0.2, -0.15) is 0 Å². The molecule has 2 nitrogen and oxygen atoms in total. The molecule has 2 aromatic rings. The Bertz CT molecular complexity index is 633. The minimum Gasteiger partial charge on any atom is -0.347 e. The average molecular weight is 358 g/mol. The van der Waals surface area contributed by atoms with Crippen molar-refractivity contribution in [2.75, 3.05) is 21.1 Å². The average Bonchev–Trinajstić information content (AvgIpc) is 2.93. The van der Waals surface area contributed by atoms with Crippen LogP contribution >= 0.6 is 0 Å². The summed E-state index contributed by atoms with van der Waals surface area (Å²) < 4.78 is 3.47. The molecule has 0 atom stereocenters. The Labute approximate surface area is 161 Å². The fourth-order valence-electron chi connectivity index (χ4n) is 3.91. The van der Waals surface area contributed by atoms with Gasteiger partial charge >= 0.3 is 0 Å². The van der Waals surface area contributed by atoms with Crippen LogP contribution in [0.5, 0.6) is 0 Å². The third-order valence-electron chi connectivity index (χ3n) is 5.27. The molecule has 0 saturated carbocycles. The van der Waals surface area contributed by atoms with Crippen LogP contribution in [0.25, 0.3) is 10.9 Å². The van der Waals surface area contributed by atoms with E-state index in [1.807, 2.05) is 0 Å². The van der Waals surface area contributed by atoms with E-state index in [2.05, 4.69) is 63.1 Å². The van der Waals surface area contributed by atoms with Crippen molar-refractivity contribution in [2.45, 2.75) is 84.2 Å². The van der Waals surface area contributed by atoms with E-state index in [4.69, 9.17) is 0 Å². The molecule has 0 unspecified atom stereocenters. The summed E-state index contributed by atoms with van der Waals surface area (Å²) in [5.74, 6) is 0. The van der Waals surface area contributed by atoms with E-state index >= 15 is 0 Å². The second-order valence-electron chi connectivity index (χ2n) is 9.00. The van der Waals surface area contributed by atoms with Crippen LogP contribution in [0.3, 0.4) is 0 Å². The van der Waals surface area contributed by atoms with E-state index in [0.717, 1.165) is 17.6 Å². The second kappa shape index (κ2) is 10.8. The lowest BCUT2D eigenvalue weighted by Crippen LogP contribution is -2.33. The third-order valence-corrected chi connectivity index (χ3v) is 5.27. The lowest BCUT2D eigenvalue weighted by atomic mass is 10.1. The van der Waals surface area contributed by atoms with E-state index in [-0.39, 0.29) is 0 Å². The Morgan fingerprint density at radius 3 is 1.96 bits per heavy atom. The van der Waals surface area contributed by atoms with Gasteiger partial charge in [0, 0.05) is 29.2 Å². The van der Waals surface area contributed by atoms with Gasteiger partial charge < -0.3 is 9.05 Å². The van der Waals surface area contributed by atoms with Gasteiger partial charge in [0.2, 0.25) is 0 Å². The van der Waals surface area contributed by atoms with Gasteiger partial charge in [0.05, 0.1) is 21.1 Å². The van der Waals surface area contributed by atoms with Crippen molar-refractivity contribution < 1.29 is 4.48 Å². The second-order valence-corrected chi connectivity index (χ2v) is 9.00. The minimum absolute atomic E-state index is 0.978. The Morgan fingerprint density at radius 1 is 0.769 bits per heavy atom. The van der Waals surface area contributed by atoms with Crippen LogP contribution in [0.4, 0.5) is 0 Å². The summed E-state index contributed by atoms with van der Waals surface area (Å²) in [5.41, 5.74) is 2.90. The highest BCUT2D eigenvalue weighted by molar-refractivity contribution is 5.83. The number of aryl methyl sites for hydroxylation is 1. The Kier molecular flexibility index (Phi) is 8.71. The number of benzene rings is 1. The predicted molar refractivity (Wildman–Crippen MR) is 116 cm³/mol. The van der Waals surface area contributed by atoms with Crippen LogP contribution in [0, 0.1) is 0 Å². The first kappa shape index (κ1) is 21.0. The molecule has 1 aromatic carbocycles. The molecule has 26 heavy (non-hydrogen) atoms. The normalized spacial score (nSPS) is 12.2. The number of unbranched alkanes of at least 4 members (excludes halogenated alkanes) is 9. The lowest BCUT2D eigenvalue weighted by molar-refractivity contribution is -0.883. The van der Waals surface area contributed by atoms with E-state index in [1.54, 1.807) is 0 Å². The van der Waals surface area contributed by atoms with Crippen molar-refractivity contribution in [3.8, 4) is 0 Å². The van der Waals surface area contributed by atoms with Crippen molar-refractivity contribution in [1.82, 2.24) is 4.57 Å². The molecule has 1 heterocycles. The first-order chi connectivity index (χ1) is 12.5. The summed E-state index contributed by atoms with van der Waals surface area (Å²) in [5, 5.41) is 1.44. The summed E-state index contributed by atoms with van der Waals surface area (Å²) in [6.07, 6.45) is 16.4. The zero-order chi connectivity index (χ0) is 18.8. The van der Waals surface area contributed by atoms with Gasteiger partial charge in [0.25, 0.3) is 0 Å². The van der Waals surface area contributed by atoms with E-state index in [0.29, 0.717) is 0 Å². The zero-order valence-electron chi connectivity index (χ0n) is 17.8. The summed E-state index contributed by atoms with van der Waals surface area (Å²) in [7, 11) is 6.82. The zero-order valence-corrected chi connectivity index (χ0v) is 17.8. The highest BCUT2D eigenvalue weighted by Crippen LogP contribution is 2.24. The fourth-order valence-corrected chi connectivity index (χ4v) is 3.91. The molecular weight excluding hydrogens is 316 g/mol. The molecule has 0 spiro atoms. The van der Waals surface area contributed by atoms with Crippen molar-refractivity contribution in [2.24, 2.45) is 0 Å². The van der Waals surface area contributed by atoms with Gasteiger partial charge in [-0.05, 0) is 12.5 Å². The molecule has 0 aliphatic carbocycles. The summed E-state index contributed by atoms with van der Waals surface area (Å²) in [6, 6.07) is 8.92. The Morgan fingerprint density at radius 2 is 1.35 bits per heavy atom. The van der Waals surface area contributed by atoms with Gasteiger partial charge in [-0.3, -0.25) is 0 Å². The van der Waals surface area contributed by atoms with Crippen molar-refractivity contribution in [3.05, 3.63) is 36.0 Å². The van der Waals surface area contributed by atoms with Crippen LogP contribution in [0.2, 0.25) is 0 Å². The maximum atomic E-state index is 2.49. The van der Waals surface area contributed by atoms with E-state index < -0.39 is 0 Å². The predicted octanol–water partition coefficient (Wildman–Crippen LogP) is 6.77. The molecule has 2 rings (SSSR count). The van der Waals surface area contributed by atoms with E-state index in [9.17, 15) is 0 Å². The Balaban J connectivity index is 1.75. The number of rotatable bonds is 13. The maximum absolute atomic E-state index is 2.49. The maximum Gasteiger partial charge on any atom is 0.106 e. The lowest BCUT2D eigenvalue weighted by Gasteiger charge is -2.23. The third kappa shape index (κ3) is 7.15. The minimum atomic E-state index is 0.978. The van der Waals surface area contributed by atoms with Gasteiger partial charge in [-0.25, -0.2) is 0 Å². The van der Waals surface area contributed by atoms with Crippen LogP contribution in [0.15, 0.2) is 30.5 Å². The molecule has 0 radical (unpaired) electrons. The number of quaternary nitrogens is 1. The van der Waals surface area contributed by atoms with Gasteiger partial charge in [0.15, 0.2) is 0 Å². The van der Waals surface area contributed by atoms with Gasteiger partial charge in [0.1, 0.15) is 6.54 Å². The van der Waals surface area contributed by atoms with Crippen molar-refractivity contribution in [1.29, 1.82) is 0 Å². The highest BCUT2D eigenvalue weighted by atomic mass is 15.3. The largest absolute Gasteiger partial charge is 0.347 e. The fraction of sp³-hybridized carbons (Fsp3) is 0.667. The molecule has 0 N–H and O–H groups in total. The van der Waals surface area contributed by atoms with Gasteiger partial charge in [-0.1, -0.05) is 82.9 Å². The standard InChI is InChI=1S/C24H41N2/c1-5-6-7-8-9-10-11-12-13-16-19-25-20-22(21-26(2,3)4)23-17-14-15-18-24(23)25/h14-15,17-18,20H,5-13,16,19,21H2,1-4H3/q+1. The molecule has 2 heteroatoms. The topological polar surface area (TPSA) is 4.93 Å². The van der Waals surface area contributed by atoms with E-state index in [1.165, 1.54) is 80.7 Å². The first-order valence-electron chi connectivity index (χ1n) is 10.9. The van der Waals surface area contributed by atoms with Crippen molar-refractivity contribution in [3.63, 3.8) is 0 Å². The summed E-state index contributed by atoms with van der Waals surface area (Å²) in [4.78, 5) is 0. The number of fused-ring (bicyclic) bond motifs is 1. The highest BCUT2D eigenvalue weighted by Gasteiger charge is 2.14.